The van der Waals surface area contributed by atoms with E-state index in [1.165, 1.54) is 86.6 Å². The molecule has 0 amide bonds. The average Bonchev–Trinajstić information content (AvgIpc) is 3.86. The predicted molar refractivity (Wildman–Crippen MR) is 246 cm³/mol. The highest BCUT2D eigenvalue weighted by molar-refractivity contribution is 7.25. The van der Waals surface area contributed by atoms with E-state index in [1.807, 2.05) is 11.3 Å². The highest BCUT2D eigenvalue weighted by atomic mass is 32.1. The van der Waals surface area contributed by atoms with Crippen LogP contribution in [-0.4, -0.2) is 0 Å². The minimum atomic E-state index is -0.598. The fraction of sp³-hybridized carbons (Fsp3) is 0.0714. The Kier molecular flexibility index (Phi) is 6.62. The molecule has 0 N–H and O–H groups in total. The van der Waals surface area contributed by atoms with Gasteiger partial charge in [-0.1, -0.05) is 135 Å². The van der Waals surface area contributed by atoms with Gasteiger partial charge in [0.05, 0.1) is 5.41 Å². The lowest BCUT2D eigenvalue weighted by Gasteiger charge is -2.39. The smallest absolute Gasteiger partial charge is 0.132 e. The number of anilines is 3. The normalized spacial score (nSPS) is 14.7. The Hall–Kier alpha value is -6.94. The molecular formula is C56H37NOS. The zero-order valence-electron chi connectivity index (χ0n) is 32.7. The zero-order valence-corrected chi connectivity index (χ0v) is 33.5. The second-order valence-electron chi connectivity index (χ2n) is 16.8. The first-order valence-electron chi connectivity index (χ1n) is 20.5. The topological polar surface area (TPSA) is 12.5 Å². The molecule has 0 bridgehead atoms. The second-order valence-corrected chi connectivity index (χ2v) is 17.9. The molecule has 2 aliphatic carbocycles. The molecule has 3 heteroatoms. The van der Waals surface area contributed by atoms with Gasteiger partial charge < -0.3 is 9.64 Å². The highest BCUT2D eigenvalue weighted by Crippen LogP contribution is 2.63. The molecule has 0 unspecified atom stereocenters. The van der Waals surface area contributed by atoms with E-state index in [0.29, 0.717) is 0 Å². The maximum absolute atomic E-state index is 6.74. The Morgan fingerprint density at radius 2 is 0.915 bits per heavy atom. The Labute approximate surface area is 347 Å². The second kappa shape index (κ2) is 11.8. The first-order valence-corrected chi connectivity index (χ1v) is 21.3. The van der Waals surface area contributed by atoms with E-state index in [0.717, 1.165) is 28.6 Å². The Balaban J connectivity index is 1.10. The molecule has 2 nitrogen and oxygen atoms in total. The van der Waals surface area contributed by atoms with Gasteiger partial charge in [-0.15, -0.1) is 11.3 Å². The van der Waals surface area contributed by atoms with Crippen LogP contribution in [0.4, 0.5) is 17.1 Å². The van der Waals surface area contributed by atoms with Gasteiger partial charge in [-0.2, -0.15) is 0 Å². The van der Waals surface area contributed by atoms with E-state index in [2.05, 4.69) is 207 Å². The summed E-state index contributed by atoms with van der Waals surface area (Å²) in [6.45, 7) is 4.74. The lowest BCUT2D eigenvalue weighted by Crippen LogP contribution is -2.32. The van der Waals surface area contributed by atoms with Crippen LogP contribution in [0, 0.1) is 0 Å². The molecule has 1 aromatic heterocycles. The van der Waals surface area contributed by atoms with Crippen molar-refractivity contribution in [2.45, 2.75) is 24.7 Å². The molecule has 0 saturated carbocycles. The number of benzene rings is 9. The Morgan fingerprint density at radius 1 is 0.390 bits per heavy atom. The van der Waals surface area contributed by atoms with Crippen molar-refractivity contribution in [2.24, 2.45) is 0 Å². The maximum atomic E-state index is 6.74. The molecule has 0 radical (unpaired) electrons. The van der Waals surface area contributed by atoms with Gasteiger partial charge in [0, 0.05) is 53.8 Å². The number of hydrogen-bond donors (Lipinski definition) is 0. The third-order valence-electron chi connectivity index (χ3n) is 13.5. The summed E-state index contributed by atoms with van der Waals surface area (Å²) in [4.78, 5) is 2.49. The summed E-state index contributed by atoms with van der Waals surface area (Å²) in [5.74, 6) is 1.80. The van der Waals surface area contributed by atoms with Gasteiger partial charge >= 0.3 is 0 Å². The maximum Gasteiger partial charge on any atom is 0.132 e. The molecule has 3 aliphatic rings. The van der Waals surface area contributed by atoms with Crippen molar-refractivity contribution in [2.75, 3.05) is 4.90 Å². The number of fused-ring (bicyclic) bond motifs is 16. The molecule has 1 aliphatic heterocycles. The lowest BCUT2D eigenvalue weighted by atomic mass is 9.66. The number of ether oxygens (including phenoxy) is 1. The molecule has 278 valence electrons. The number of rotatable bonds is 3. The van der Waals surface area contributed by atoms with Crippen LogP contribution in [0.5, 0.6) is 11.5 Å². The quantitative estimate of drug-likeness (QED) is 0.177. The first kappa shape index (κ1) is 33.1. The van der Waals surface area contributed by atoms with Crippen molar-refractivity contribution in [3.8, 4) is 33.8 Å². The number of para-hydroxylation sites is 2. The summed E-state index contributed by atoms with van der Waals surface area (Å²) in [5.41, 5.74) is 15.5. The number of nitrogens with zero attached hydrogens (tertiary/aromatic N) is 1. The molecule has 0 fully saturated rings. The minimum absolute atomic E-state index is 0.135. The molecule has 10 aromatic rings. The van der Waals surface area contributed by atoms with Crippen LogP contribution in [0.2, 0.25) is 0 Å². The van der Waals surface area contributed by atoms with Gasteiger partial charge in [-0.3, -0.25) is 0 Å². The van der Waals surface area contributed by atoms with Crippen LogP contribution in [0.3, 0.4) is 0 Å². The van der Waals surface area contributed by atoms with E-state index in [-0.39, 0.29) is 5.41 Å². The summed E-state index contributed by atoms with van der Waals surface area (Å²) >= 11 is 1.87. The van der Waals surface area contributed by atoms with E-state index in [9.17, 15) is 0 Å². The van der Waals surface area contributed by atoms with Gasteiger partial charge in [-0.05, 0) is 122 Å². The van der Waals surface area contributed by atoms with Crippen LogP contribution in [-0.2, 0) is 10.8 Å². The fourth-order valence-corrected chi connectivity index (χ4v) is 12.0. The van der Waals surface area contributed by atoms with E-state index >= 15 is 0 Å². The average molecular weight is 772 g/mol. The molecule has 9 aromatic carbocycles. The molecule has 1 spiro atoms. The van der Waals surface area contributed by atoms with E-state index < -0.39 is 5.41 Å². The third kappa shape index (κ3) is 4.40. The molecule has 2 heterocycles. The van der Waals surface area contributed by atoms with Gasteiger partial charge in [0.15, 0.2) is 0 Å². The van der Waals surface area contributed by atoms with Crippen molar-refractivity contribution in [3.05, 3.63) is 221 Å². The van der Waals surface area contributed by atoms with Crippen molar-refractivity contribution >= 4 is 59.3 Å². The Morgan fingerprint density at radius 3 is 1.68 bits per heavy atom. The highest BCUT2D eigenvalue weighted by Gasteiger charge is 2.51. The molecule has 0 atom stereocenters. The van der Waals surface area contributed by atoms with Crippen molar-refractivity contribution in [1.82, 2.24) is 0 Å². The standard InChI is InChI=1S/C56H37NOS/c1-55(2)45-17-7-5-15-39(45)40-26-23-36(31-48(40)55)57(38-25-28-43-42-16-6-12-22-53(42)59-54(43)33-38)37-24-27-41-44-29-34-13-3-4-14-35(34)30-49(44)56(50(41)32-37)46-18-8-10-20-51(46)58-52-21-11-9-19-47(52)56/h3-33H,1-2H3. The van der Waals surface area contributed by atoms with Crippen LogP contribution in [0.1, 0.15) is 47.2 Å². The molecule has 0 saturated heterocycles. The monoisotopic (exact) mass is 771 g/mol. The van der Waals surface area contributed by atoms with Crippen molar-refractivity contribution in [3.63, 3.8) is 0 Å². The van der Waals surface area contributed by atoms with Gasteiger partial charge in [0.25, 0.3) is 0 Å². The minimum Gasteiger partial charge on any atom is -0.457 e. The van der Waals surface area contributed by atoms with Crippen molar-refractivity contribution in [1.29, 1.82) is 0 Å². The van der Waals surface area contributed by atoms with Gasteiger partial charge in [0.1, 0.15) is 11.5 Å². The Bertz CT molecular complexity index is 3380. The van der Waals surface area contributed by atoms with Crippen LogP contribution in [0.25, 0.3) is 53.2 Å². The lowest BCUT2D eigenvalue weighted by molar-refractivity contribution is 0.436. The largest absolute Gasteiger partial charge is 0.457 e. The zero-order chi connectivity index (χ0) is 39.0. The van der Waals surface area contributed by atoms with Crippen LogP contribution < -0.4 is 9.64 Å². The van der Waals surface area contributed by atoms with Crippen LogP contribution >= 0.6 is 11.3 Å². The summed E-state index contributed by atoms with van der Waals surface area (Å²) in [6.07, 6.45) is 0. The first-order chi connectivity index (χ1) is 29.0. The summed E-state index contributed by atoms with van der Waals surface area (Å²) in [7, 11) is 0. The van der Waals surface area contributed by atoms with Gasteiger partial charge in [0.2, 0.25) is 0 Å². The van der Waals surface area contributed by atoms with E-state index in [1.54, 1.807) is 0 Å². The number of thiophene rings is 1. The summed E-state index contributed by atoms with van der Waals surface area (Å²) in [6, 6.07) is 70.0. The third-order valence-corrected chi connectivity index (χ3v) is 14.6. The van der Waals surface area contributed by atoms with Crippen molar-refractivity contribution < 1.29 is 4.74 Å². The molecule has 13 rings (SSSR count). The SMILES string of the molecule is CC1(C)c2ccccc2-c2ccc(N(c3ccc4c(c3)C3(c5ccccc5Oc5ccccc53)c3cc5ccccc5cc3-4)c3ccc4c(c3)sc3ccccc34)cc21. The molecule has 59 heavy (non-hydrogen) atoms. The van der Waals surface area contributed by atoms with Crippen LogP contribution in [0.15, 0.2) is 188 Å². The van der Waals surface area contributed by atoms with Gasteiger partial charge in [-0.25, -0.2) is 0 Å². The number of hydrogen-bond acceptors (Lipinski definition) is 3. The summed E-state index contributed by atoms with van der Waals surface area (Å²) in [5, 5.41) is 5.09. The summed E-state index contributed by atoms with van der Waals surface area (Å²) < 4.78 is 9.34. The molecular weight excluding hydrogens is 735 g/mol. The fourth-order valence-electron chi connectivity index (χ4n) is 10.8. The predicted octanol–water partition coefficient (Wildman–Crippen LogP) is 15.5. The van der Waals surface area contributed by atoms with E-state index in [4.69, 9.17) is 4.74 Å².